The van der Waals surface area contributed by atoms with Crippen LogP contribution in [0.3, 0.4) is 0 Å². The number of likely N-dealkylation sites (N-methyl/N-ethyl adjacent to an activating group) is 1. The quantitative estimate of drug-likeness (QED) is 0.841. The Morgan fingerprint density at radius 2 is 2.22 bits per heavy atom. The van der Waals surface area contributed by atoms with Crippen molar-refractivity contribution in [3.63, 3.8) is 0 Å². The number of hydrogen-bond acceptors (Lipinski definition) is 4. The lowest BCUT2D eigenvalue weighted by atomic mass is 10.1. The fourth-order valence-corrected chi connectivity index (χ4v) is 2.56. The molecule has 1 aliphatic heterocycles. The Balaban J connectivity index is 0.000000816. The van der Waals surface area contributed by atoms with Crippen LogP contribution in [-0.4, -0.2) is 73.7 Å². The first-order chi connectivity index (χ1) is 10.9. The SMILES string of the molecule is CN(C)CC1COCCN1C(=O)c1ccc(F)cc1Cl.O=CO. The van der Waals surface area contributed by atoms with Crippen molar-refractivity contribution in [1.29, 1.82) is 0 Å². The molecule has 6 nitrogen and oxygen atoms in total. The minimum absolute atomic E-state index is 0.0210. The van der Waals surface area contributed by atoms with E-state index >= 15 is 0 Å². The van der Waals surface area contributed by atoms with Gasteiger partial charge in [0.25, 0.3) is 12.4 Å². The molecular formula is C15H20ClFN2O4. The zero-order valence-corrected chi connectivity index (χ0v) is 13.8. The van der Waals surface area contributed by atoms with E-state index in [4.69, 9.17) is 26.2 Å². The van der Waals surface area contributed by atoms with Gasteiger partial charge >= 0.3 is 0 Å². The van der Waals surface area contributed by atoms with Gasteiger partial charge in [-0.25, -0.2) is 4.39 Å². The Bertz CT molecular complexity index is 542. The predicted octanol–water partition coefficient (Wildman–Crippen LogP) is 1.58. The zero-order chi connectivity index (χ0) is 17.4. The van der Waals surface area contributed by atoms with Crippen LogP contribution in [0.2, 0.25) is 5.02 Å². The molecule has 1 aliphatic rings. The summed E-state index contributed by atoms with van der Waals surface area (Å²) in [6.07, 6.45) is 0. The van der Waals surface area contributed by atoms with E-state index in [1.165, 1.54) is 12.1 Å². The third-order valence-electron chi connectivity index (χ3n) is 3.23. The van der Waals surface area contributed by atoms with Gasteiger partial charge < -0.3 is 19.6 Å². The van der Waals surface area contributed by atoms with Gasteiger partial charge in [0.1, 0.15) is 5.82 Å². The highest BCUT2D eigenvalue weighted by Crippen LogP contribution is 2.21. The molecular weight excluding hydrogens is 327 g/mol. The summed E-state index contributed by atoms with van der Waals surface area (Å²) >= 11 is 5.97. The summed E-state index contributed by atoms with van der Waals surface area (Å²) < 4.78 is 18.5. The van der Waals surface area contributed by atoms with Crippen LogP contribution in [0, 0.1) is 5.82 Å². The fraction of sp³-hybridized carbons (Fsp3) is 0.467. The highest BCUT2D eigenvalue weighted by atomic mass is 35.5. The van der Waals surface area contributed by atoms with Crippen molar-refractivity contribution in [2.45, 2.75) is 6.04 Å². The van der Waals surface area contributed by atoms with Crippen LogP contribution in [0.15, 0.2) is 18.2 Å². The molecule has 23 heavy (non-hydrogen) atoms. The molecule has 1 N–H and O–H groups in total. The van der Waals surface area contributed by atoms with Gasteiger partial charge in [-0.05, 0) is 32.3 Å². The van der Waals surface area contributed by atoms with Gasteiger partial charge in [-0.3, -0.25) is 9.59 Å². The largest absolute Gasteiger partial charge is 0.483 e. The number of benzene rings is 1. The van der Waals surface area contributed by atoms with Crippen LogP contribution in [0.5, 0.6) is 0 Å². The van der Waals surface area contributed by atoms with Crippen molar-refractivity contribution < 1.29 is 23.8 Å². The van der Waals surface area contributed by atoms with Gasteiger partial charge in [0, 0.05) is 13.1 Å². The molecule has 1 heterocycles. The van der Waals surface area contributed by atoms with E-state index < -0.39 is 5.82 Å². The van der Waals surface area contributed by atoms with Gasteiger partial charge in [0.15, 0.2) is 0 Å². The lowest BCUT2D eigenvalue weighted by Crippen LogP contribution is -2.52. The number of carboxylic acid groups (broad SMARTS) is 1. The average molecular weight is 347 g/mol. The maximum atomic E-state index is 13.1. The molecule has 1 aromatic rings. The highest BCUT2D eigenvalue weighted by Gasteiger charge is 2.29. The van der Waals surface area contributed by atoms with Crippen LogP contribution >= 0.6 is 11.6 Å². The maximum absolute atomic E-state index is 13.1. The van der Waals surface area contributed by atoms with Crippen molar-refractivity contribution >= 4 is 24.0 Å². The second kappa shape index (κ2) is 9.44. The Labute approximate surface area is 139 Å². The molecule has 0 saturated carbocycles. The normalized spacial score (nSPS) is 17.4. The summed E-state index contributed by atoms with van der Waals surface area (Å²) in [7, 11) is 3.89. The number of halogens is 2. The van der Waals surface area contributed by atoms with E-state index in [1.807, 2.05) is 19.0 Å². The number of nitrogens with zero attached hydrogens (tertiary/aromatic N) is 2. The summed E-state index contributed by atoms with van der Waals surface area (Å²) in [4.78, 5) is 24.7. The van der Waals surface area contributed by atoms with E-state index in [-0.39, 0.29) is 23.4 Å². The van der Waals surface area contributed by atoms with Crippen LogP contribution in [0.4, 0.5) is 4.39 Å². The van der Waals surface area contributed by atoms with Crippen molar-refractivity contribution in [2.24, 2.45) is 0 Å². The molecule has 1 fully saturated rings. The lowest BCUT2D eigenvalue weighted by molar-refractivity contribution is -0.122. The molecule has 0 spiro atoms. The molecule has 1 unspecified atom stereocenters. The van der Waals surface area contributed by atoms with Gasteiger partial charge in [0.2, 0.25) is 0 Å². The molecule has 0 radical (unpaired) electrons. The molecule has 0 bridgehead atoms. The molecule has 1 atom stereocenters. The molecule has 1 aromatic carbocycles. The summed E-state index contributed by atoms with van der Waals surface area (Å²) in [5.74, 6) is -0.622. The number of amides is 1. The van der Waals surface area contributed by atoms with Crippen molar-refractivity contribution in [3.8, 4) is 0 Å². The van der Waals surface area contributed by atoms with Crippen LogP contribution in [0.1, 0.15) is 10.4 Å². The third-order valence-corrected chi connectivity index (χ3v) is 3.54. The second-order valence-corrected chi connectivity index (χ2v) is 5.63. The lowest BCUT2D eigenvalue weighted by Gasteiger charge is -2.37. The van der Waals surface area contributed by atoms with E-state index in [9.17, 15) is 9.18 Å². The molecule has 0 aromatic heterocycles. The third kappa shape index (κ3) is 5.78. The molecule has 128 valence electrons. The second-order valence-electron chi connectivity index (χ2n) is 5.22. The topological polar surface area (TPSA) is 70.1 Å². The Morgan fingerprint density at radius 3 is 2.78 bits per heavy atom. The Kier molecular flexibility index (Phi) is 7.94. The first-order valence-electron chi connectivity index (χ1n) is 6.97. The maximum Gasteiger partial charge on any atom is 0.290 e. The first-order valence-corrected chi connectivity index (χ1v) is 7.34. The molecule has 8 heteroatoms. The minimum atomic E-state index is -0.446. The number of hydrogen-bond donors (Lipinski definition) is 1. The summed E-state index contributed by atoms with van der Waals surface area (Å²) in [5.41, 5.74) is 0.332. The van der Waals surface area contributed by atoms with E-state index in [0.717, 1.165) is 6.07 Å². The fourth-order valence-electron chi connectivity index (χ4n) is 2.31. The van der Waals surface area contributed by atoms with Gasteiger partial charge in [-0.2, -0.15) is 0 Å². The first kappa shape index (κ1) is 19.3. The highest BCUT2D eigenvalue weighted by molar-refractivity contribution is 6.33. The number of morpholine rings is 1. The predicted molar refractivity (Wildman–Crippen MR) is 84.3 cm³/mol. The van der Waals surface area contributed by atoms with Crippen molar-refractivity contribution in [2.75, 3.05) is 40.4 Å². The van der Waals surface area contributed by atoms with E-state index in [2.05, 4.69) is 0 Å². The van der Waals surface area contributed by atoms with Crippen LogP contribution < -0.4 is 0 Å². The summed E-state index contributed by atoms with van der Waals surface area (Å²) in [5, 5.41) is 7.03. The van der Waals surface area contributed by atoms with Gasteiger partial charge in [0.05, 0.1) is 29.8 Å². The Hall–Kier alpha value is -1.70. The summed E-state index contributed by atoms with van der Waals surface area (Å²) in [6, 6.07) is 3.83. The van der Waals surface area contributed by atoms with E-state index in [1.54, 1.807) is 4.90 Å². The standard InChI is InChI=1S/C14H18ClFN2O2.CH2O2/c1-17(2)8-11-9-20-6-5-18(11)14(19)12-4-3-10(16)7-13(12)15;2-1-3/h3-4,7,11H,5-6,8-9H2,1-2H3;1H,(H,2,3). The van der Waals surface area contributed by atoms with Crippen molar-refractivity contribution in [3.05, 3.63) is 34.6 Å². The molecule has 1 amide bonds. The zero-order valence-electron chi connectivity index (χ0n) is 13.0. The van der Waals surface area contributed by atoms with Crippen LogP contribution in [-0.2, 0) is 9.53 Å². The number of ether oxygens (including phenoxy) is 1. The number of carbonyl (C=O) groups excluding carboxylic acids is 1. The monoisotopic (exact) mass is 346 g/mol. The number of rotatable bonds is 3. The van der Waals surface area contributed by atoms with Gasteiger partial charge in [-0.1, -0.05) is 11.6 Å². The van der Waals surface area contributed by atoms with Crippen molar-refractivity contribution in [1.82, 2.24) is 9.80 Å². The number of carbonyl (C=O) groups is 2. The minimum Gasteiger partial charge on any atom is -0.483 e. The van der Waals surface area contributed by atoms with Gasteiger partial charge in [-0.15, -0.1) is 0 Å². The molecule has 1 saturated heterocycles. The Morgan fingerprint density at radius 1 is 1.57 bits per heavy atom. The molecule has 2 rings (SSSR count). The smallest absolute Gasteiger partial charge is 0.290 e. The van der Waals surface area contributed by atoms with Crippen LogP contribution in [0.25, 0.3) is 0 Å². The van der Waals surface area contributed by atoms with E-state index in [0.29, 0.717) is 31.9 Å². The average Bonchev–Trinajstić information content (AvgIpc) is 2.47. The molecule has 0 aliphatic carbocycles. The summed E-state index contributed by atoms with van der Waals surface area (Å²) in [6.45, 7) is 1.99.